The first kappa shape index (κ1) is 14.0. The van der Waals surface area contributed by atoms with Crippen molar-refractivity contribution in [2.24, 2.45) is 16.7 Å². The Morgan fingerprint density at radius 1 is 1.06 bits per heavy atom. The molecular weight excluding hydrogens is 198 g/mol. The van der Waals surface area contributed by atoms with Crippen LogP contribution < -0.4 is 0 Å². The Balaban J connectivity index is 2.02. The topological polar surface area (TPSA) is 12.5 Å². The van der Waals surface area contributed by atoms with Gasteiger partial charge in [-0.3, -0.25) is 0 Å². The van der Waals surface area contributed by atoms with Crippen molar-refractivity contribution in [1.82, 2.24) is 4.90 Å². The average Bonchev–Trinajstić information content (AvgIpc) is 1.95. The molecule has 1 heterocycles. The van der Waals surface area contributed by atoms with Gasteiger partial charge < -0.3 is 9.64 Å². The van der Waals surface area contributed by atoms with Crippen LogP contribution in [0.4, 0.5) is 0 Å². The molecule has 0 unspecified atom stereocenters. The first-order valence-electron chi connectivity index (χ1n) is 6.48. The molecular formula is C14H29NO. The van der Waals surface area contributed by atoms with Crippen molar-refractivity contribution in [3.05, 3.63) is 0 Å². The highest BCUT2D eigenvalue weighted by molar-refractivity contribution is 4.87. The van der Waals surface area contributed by atoms with E-state index >= 15 is 0 Å². The van der Waals surface area contributed by atoms with Gasteiger partial charge in [-0.05, 0) is 16.7 Å². The normalized spacial score (nSPS) is 19.9. The number of hydrogen-bond donors (Lipinski definition) is 0. The lowest BCUT2D eigenvalue weighted by molar-refractivity contribution is -0.00799. The number of likely N-dealkylation sites (tertiary alicyclic amines) is 1. The Hall–Kier alpha value is -0.0800. The zero-order valence-electron chi connectivity index (χ0n) is 12.0. The second-order valence-corrected chi connectivity index (χ2v) is 7.44. The smallest absolute Gasteiger partial charge is 0.0593 e. The Kier molecular flexibility index (Phi) is 4.42. The lowest BCUT2D eigenvalue weighted by Crippen LogP contribution is -2.52. The predicted octanol–water partition coefficient (Wildman–Crippen LogP) is 3.03. The summed E-state index contributed by atoms with van der Waals surface area (Å²) in [5, 5.41) is 0. The number of nitrogens with zero attached hydrogens (tertiary/aromatic N) is 1. The molecule has 0 saturated carbocycles. The van der Waals surface area contributed by atoms with Gasteiger partial charge in [-0.2, -0.15) is 0 Å². The largest absolute Gasteiger partial charge is 0.380 e. The monoisotopic (exact) mass is 227 g/mol. The van der Waals surface area contributed by atoms with E-state index in [2.05, 4.69) is 46.4 Å². The van der Waals surface area contributed by atoms with Crippen LogP contribution in [-0.4, -0.2) is 37.7 Å². The molecule has 16 heavy (non-hydrogen) atoms. The molecule has 0 atom stereocenters. The van der Waals surface area contributed by atoms with Gasteiger partial charge in [0, 0.05) is 19.6 Å². The van der Waals surface area contributed by atoms with Crippen molar-refractivity contribution in [2.45, 2.75) is 41.5 Å². The SMILES string of the molecule is CC(C)(C)COCCN1CC(C(C)(C)C)C1. The van der Waals surface area contributed by atoms with Crippen molar-refractivity contribution in [3.8, 4) is 0 Å². The molecule has 0 aromatic heterocycles. The molecule has 96 valence electrons. The molecule has 0 aromatic rings. The predicted molar refractivity (Wildman–Crippen MR) is 69.7 cm³/mol. The summed E-state index contributed by atoms with van der Waals surface area (Å²) in [6.07, 6.45) is 0. The quantitative estimate of drug-likeness (QED) is 0.685. The van der Waals surface area contributed by atoms with Crippen LogP contribution in [-0.2, 0) is 4.74 Å². The zero-order valence-corrected chi connectivity index (χ0v) is 12.0. The summed E-state index contributed by atoms with van der Waals surface area (Å²) < 4.78 is 5.68. The van der Waals surface area contributed by atoms with Crippen molar-refractivity contribution < 1.29 is 4.74 Å². The van der Waals surface area contributed by atoms with Crippen LogP contribution in [0.1, 0.15) is 41.5 Å². The molecule has 1 aliphatic heterocycles. The van der Waals surface area contributed by atoms with Crippen LogP contribution >= 0.6 is 0 Å². The molecule has 2 nitrogen and oxygen atoms in total. The summed E-state index contributed by atoms with van der Waals surface area (Å²) in [5.41, 5.74) is 0.770. The minimum atomic E-state index is 0.295. The highest BCUT2D eigenvalue weighted by Crippen LogP contribution is 2.33. The van der Waals surface area contributed by atoms with Gasteiger partial charge in [0.15, 0.2) is 0 Å². The van der Waals surface area contributed by atoms with E-state index in [0.29, 0.717) is 10.8 Å². The van der Waals surface area contributed by atoms with E-state index in [-0.39, 0.29) is 0 Å². The fourth-order valence-electron chi connectivity index (χ4n) is 1.87. The van der Waals surface area contributed by atoms with Crippen LogP contribution in [0.5, 0.6) is 0 Å². The lowest BCUT2D eigenvalue weighted by Gasteiger charge is -2.46. The Morgan fingerprint density at radius 3 is 2.06 bits per heavy atom. The summed E-state index contributed by atoms with van der Waals surface area (Å²) in [6, 6.07) is 0. The maximum atomic E-state index is 5.68. The molecule has 0 aliphatic carbocycles. The third-order valence-electron chi connectivity index (χ3n) is 3.27. The minimum Gasteiger partial charge on any atom is -0.380 e. The Morgan fingerprint density at radius 2 is 1.62 bits per heavy atom. The molecule has 2 heteroatoms. The summed E-state index contributed by atoms with van der Waals surface area (Å²) in [4.78, 5) is 2.50. The molecule has 0 N–H and O–H groups in total. The molecule has 0 amide bonds. The number of rotatable bonds is 4. The van der Waals surface area contributed by atoms with Gasteiger partial charge >= 0.3 is 0 Å². The van der Waals surface area contributed by atoms with E-state index in [1.165, 1.54) is 13.1 Å². The van der Waals surface area contributed by atoms with Crippen molar-refractivity contribution >= 4 is 0 Å². The fourth-order valence-corrected chi connectivity index (χ4v) is 1.87. The van der Waals surface area contributed by atoms with Crippen LogP contribution in [0, 0.1) is 16.7 Å². The summed E-state index contributed by atoms with van der Waals surface area (Å²) >= 11 is 0. The zero-order chi connectivity index (χ0) is 12.4. The summed E-state index contributed by atoms with van der Waals surface area (Å²) in [6.45, 7) is 19.0. The third-order valence-corrected chi connectivity index (χ3v) is 3.27. The van der Waals surface area contributed by atoms with E-state index in [9.17, 15) is 0 Å². The lowest BCUT2D eigenvalue weighted by atomic mass is 9.76. The number of hydrogen-bond acceptors (Lipinski definition) is 2. The molecule has 0 bridgehead atoms. The molecule has 0 radical (unpaired) electrons. The number of ether oxygens (including phenoxy) is 1. The maximum absolute atomic E-state index is 5.68. The van der Waals surface area contributed by atoms with Gasteiger partial charge in [0.1, 0.15) is 0 Å². The van der Waals surface area contributed by atoms with Gasteiger partial charge in [0.2, 0.25) is 0 Å². The van der Waals surface area contributed by atoms with Gasteiger partial charge in [-0.1, -0.05) is 41.5 Å². The van der Waals surface area contributed by atoms with E-state index in [1.807, 2.05) is 0 Å². The average molecular weight is 227 g/mol. The first-order valence-corrected chi connectivity index (χ1v) is 6.48. The van der Waals surface area contributed by atoms with Crippen molar-refractivity contribution in [3.63, 3.8) is 0 Å². The van der Waals surface area contributed by atoms with Gasteiger partial charge in [0.25, 0.3) is 0 Å². The Labute approximate surface area is 101 Å². The third kappa shape index (κ3) is 4.84. The van der Waals surface area contributed by atoms with Gasteiger partial charge in [-0.15, -0.1) is 0 Å². The van der Waals surface area contributed by atoms with Crippen LogP contribution in [0.25, 0.3) is 0 Å². The van der Waals surface area contributed by atoms with Crippen molar-refractivity contribution in [1.29, 1.82) is 0 Å². The van der Waals surface area contributed by atoms with Crippen LogP contribution in [0.2, 0.25) is 0 Å². The van der Waals surface area contributed by atoms with E-state index in [1.54, 1.807) is 0 Å². The first-order chi connectivity index (χ1) is 7.18. The molecule has 1 fully saturated rings. The maximum Gasteiger partial charge on any atom is 0.0593 e. The Bertz CT molecular complexity index is 206. The molecule has 0 spiro atoms. The van der Waals surface area contributed by atoms with Gasteiger partial charge in [-0.25, -0.2) is 0 Å². The molecule has 0 aromatic carbocycles. The molecule has 1 rings (SSSR count). The highest BCUT2D eigenvalue weighted by Gasteiger charge is 2.35. The standard InChI is InChI=1S/C14H29NO/c1-13(2,3)11-16-8-7-15-9-12(10-15)14(4,5)6/h12H,7-11H2,1-6H3. The summed E-state index contributed by atoms with van der Waals surface area (Å²) in [5.74, 6) is 0.870. The fraction of sp³-hybridized carbons (Fsp3) is 1.00. The van der Waals surface area contributed by atoms with E-state index in [4.69, 9.17) is 4.74 Å². The summed E-state index contributed by atoms with van der Waals surface area (Å²) in [7, 11) is 0. The van der Waals surface area contributed by atoms with E-state index in [0.717, 1.165) is 25.7 Å². The molecule has 1 aliphatic rings. The highest BCUT2D eigenvalue weighted by atomic mass is 16.5. The van der Waals surface area contributed by atoms with Crippen LogP contribution in [0.15, 0.2) is 0 Å². The van der Waals surface area contributed by atoms with Gasteiger partial charge in [0.05, 0.1) is 13.2 Å². The second-order valence-electron chi connectivity index (χ2n) is 7.44. The second kappa shape index (κ2) is 5.05. The van der Waals surface area contributed by atoms with E-state index < -0.39 is 0 Å². The molecule has 1 saturated heterocycles. The van der Waals surface area contributed by atoms with Crippen LogP contribution in [0.3, 0.4) is 0 Å². The van der Waals surface area contributed by atoms with Crippen molar-refractivity contribution in [2.75, 3.05) is 32.8 Å². The minimum absolute atomic E-state index is 0.295.